The van der Waals surface area contributed by atoms with Crippen molar-refractivity contribution in [2.24, 2.45) is 0 Å². The number of para-hydroxylation sites is 1. The molecule has 0 aliphatic heterocycles. The van der Waals surface area contributed by atoms with E-state index in [0.29, 0.717) is 13.0 Å². The summed E-state index contributed by atoms with van der Waals surface area (Å²) in [5.74, 6) is -0.221. The van der Waals surface area contributed by atoms with Crippen LogP contribution in [0, 0.1) is 0 Å². The van der Waals surface area contributed by atoms with Gasteiger partial charge in [-0.05, 0) is 45.2 Å². The van der Waals surface area contributed by atoms with Crippen molar-refractivity contribution in [2.45, 2.75) is 70.9 Å². The predicted molar refractivity (Wildman–Crippen MR) is 118 cm³/mol. The fourth-order valence-corrected chi connectivity index (χ4v) is 3.28. The summed E-state index contributed by atoms with van der Waals surface area (Å²) in [6.45, 7) is 6.15. The number of nitrogens with one attached hydrogen (secondary N) is 3. The third-order valence-corrected chi connectivity index (χ3v) is 4.74. The number of carbonyl (C=O) groups is 2. The number of ether oxygens (including phenoxy) is 1. The molecule has 30 heavy (non-hydrogen) atoms. The largest absolute Gasteiger partial charge is 0.444 e. The Hall–Kier alpha value is -2.54. The summed E-state index contributed by atoms with van der Waals surface area (Å²) < 4.78 is 5.35. The van der Waals surface area contributed by atoms with Gasteiger partial charge in [0.05, 0.1) is 0 Å². The molecule has 1 aromatic carbocycles. The van der Waals surface area contributed by atoms with E-state index in [-0.39, 0.29) is 12.5 Å². The third kappa shape index (κ3) is 8.06. The molecule has 1 aromatic heterocycles. The summed E-state index contributed by atoms with van der Waals surface area (Å²) in [4.78, 5) is 28.3. The van der Waals surface area contributed by atoms with Crippen molar-refractivity contribution < 1.29 is 19.4 Å². The molecule has 0 saturated carbocycles. The quantitative estimate of drug-likeness (QED) is 0.419. The average Bonchev–Trinajstić information content (AvgIpc) is 3.08. The molecule has 0 spiro atoms. The number of amides is 2. The lowest BCUT2D eigenvalue weighted by Crippen LogP contribution is -2.49. The second kappa shape index (κ2) is 11.6. The van der Waals surface area contributed by atoms with Crippen LogP contribution in [0.5, 0.6) is 0 Å². The number of benzene rings is 1. The highest BCUT2D eigenvalue weighted by Crippen LogP contribution is 2.19. The van der Waals surface area contributed by atoms with Crippen LogP contribution in [-0.2, 0) is 16.0 Å². The predicted octanol–water partition coefficient (Wildman–Crippen LogP) is 3.66. The molecule has 4 N–H and O–H groups in total. The molecule has 0 saturated heterocycles. The molecule has 2 rings (SSSR count). The van der Waals surface area contributed by atoms with E-state index in [1.54, 1.807) is 20.8 Å². The number of aromatic nitrogens is 1. The van der Waals surface area contributed by atoms with Crippen molar-refractivity contribution >= 4 is 22.9 Å². The summed E-state index contributed by atoms with van der Waals surface area (Å²) >= 11 is 0. The molecule has 0 radical (unpaired) electrons. The summed E-state index contributed by atoms with van der Waals surface area (Å²) in [6, 6.07) is 7.15. The van der Waals surface area contributed by atoms with E-state index in [9.17, 15) is 9.59 Å². The van der Waals surface area contributed by atoms with Crippen molar-refractivity contribution in [1.29, 1.82) is 0 Å². The topological polar surface area (TPSA) is 103 Å². The number of hydrogen-bond donors (Lipinski definition) is 4. The zero-order valence-corrected chi connectivity index (χ0v) is 18.3. The van der Waals surface area contributed by atoms with Crippen molar-refractivity contribution in [2.75, 3.05) is 13.2 Å². The van der Waals surface area contributed by atoms with E-state index in [1.165, 1.54) is 0 Å². The van der Waals surface area contributed by atoms with Crippen LogP contribution in [0.4, 0.5) is 4.79 Å². The van der Waals surface area contributed by atoms with Gasteiger partial charge in [-0.2, -0.15) is 0 Å². The number of alkyl carbamates (subject to hydrolysis) is 1. The molecular weight excluding hydrogens is 382 g/mol. The van der Waals surface area contributed by atoms with E-state index in [2.05, 4.69) is 15.6 Å². The maximum Gasteiger partial charge on any atom is 0.408 e. The molecule has 7 nitrogen and oxygen atoms in total. The van der Waals surface area contributed by atoms with Gasteiger partial charge in [-0.3, -0.25) is 4.79 Å². The molecule has 1 atom stereocenters. The van der Waals surface area contributed by atoms with Crippen LogP contribution < -0.4 is 10.6 Å². The normalized spacial score (nSPS) is 12.5. The van der Waals surface area contributed by atoms with E-state index in [4.69, 9.17) is 9.84 Å². The molecule has 7 heteroatoms. The number of hydrogen-bond acceptors (Lipinski definition) is 4. The Morgan fingerprint density at radius 3 is 2.53 bits per heavy atom. The summed E-state index contributed by atoms with van der Waals surface area (Å²) in [7, 11) is 0. The number of aliphatic hydroxyl groups excluding tert-OH is 1. The van der Waals surface area contributed by atoms with Gasteiger partial charge in [0, 0.05) is 36.7 Å². The maximum atomic E-state index is 12.8. The molecule has 166 valence electrons. The molecular formula is C23H35N3O4. The van der Waals surface area contributed by atoms with Gasteiger partial charge < -0.3 is 25.5 Å². The molecule has 2 aromatic rings. The molecule has 0 bridgehead atoms. The van der Waals surface area contributed by atoms with Crippen molar-refractivity contribution in [3.05, 3.63) is 36.0 Å². The number of fused-ring (bicyclic) bond motifs is 1. The van der Waals surface area contributed by atoms with Crippen LogP contribution in [0.3, 0.4) is 0 Å². The van der Waals surface area contributed by atoms with Gasteiger partial charge in [0.15, 0.2) is 0 Å². The minimum atomic E-state index is -0.728. The molecule has 0 fully saturated rings. The lowest BCUT2D eigenvalue weighted by Gasteiger charge is -2.23. The highest BCUT2D eigenvalue weighted by Gasteiger charge is 2.25. The Balaban J connectivity index is 1.98. The van der Waals surface area contributed by atoms with Gasteiger partial charge in [0.25, 0.3) is 0 Å². The Kier molecular flexibility index (Phi) is 9.17. The van der Waals surface area contributed by atoms with Gasteiger partial charge in [0.2, 0.25) is 5.91 Å². The van der Waals surface area contributed by atoms with Gasteiger partial charge in [-0.25, -0.2) is 4.79 Å². The number of aliphatic hydroxyl groups is 1. The van der Waals surface area contributed by atoms with E-state index >= 15 is 0 Å². The van der Waals surface area contributed by atoms with Crippen LogP contribution in [0.25, 0.3) is 10.9 Å². The number of aromatic amines is 1. The third-order valence-electron chi connectivity index (χ3n) is 4.74. The van der Waals surface area contributed by atoms with Crippen LogP contribution in [0.2, 0.25) is 0 Å². The van der Waals surface area contributed by atoms with E-state index in [0.717, 1.165) is 48.6 Å². The van der Waals surface area contributed by atoms with Crippen LogP contribution in [0.1, 0.15) is 58.4 Å². The maximum absolute atomic E-state index is 12.8. The Morgan fingerprint density at radius 2 is 1.80 bits per heavy atom. The first-order chi connectivity index (χ1) is 14.3. The van der Waals surface area contributed by atoms with Crippen LogP contribution in [-0.4, -0.2) is 46.9 Å². The first-order valence-electron chi connectivity index (χ1n) is 10.7. The molecule has 2 amide bonds. The SMILES string of the molecule is CC(C)(C)OC(=O)N[C@@H](Cc1c[nH]c2ccccc12)C(=O)NCCCCCCCO. The second-order valence-electron chi connectivity index (χ2n) is 8.54. The zero-order chi connectivity index (χ0) is 22.0. The lowest BCUT2D eigenvalue weighted by molar-refractivity contribution is -0.123. The van der Waals surface area contributed by atoms with Crippen LogP contribution >= 0.6 is 0 Å². The van der Waals surface area contributed by atoms with Crippen molar-refractivity contribution in [3.63, 3.8) is 0 Å². The summed E-state index contributed by atoms with van der Waals surface area (Å²) in [5, 5.41) is 15.5. The molecule has 0 unspecified atom stereocenters. The van der Waals surface area contributed by atoms with Crippen LogP contribution in [0.15, 0.2) is 30.5 Å². The summed E-state index contributed by atoms with van der Waals surface area (Å²) in [5.41, 5.74) is 1.32. The molecule has 0 aliphatic carbocycles. The van der Waals surface area contributed by atoms with Gasteiger partial charge in [-0.15, -0.1) is 0 Å². The first-order valence-corrected chi connectivity index (χ1v) is 10.7. The number of H-pyrrole nitrogens is 1. The highest BCUT2D eigenvalue weighted by molar-refractivity contribution is 5.88. The highest BCUT2D eigenvalue weighted by atomic mass is 16.6. The lowest BCUT2D eigenvalue weighted by atomic mass is 10.0. The average molecular weight is 418 g/mol. The first kappa shape index (κ1) is 23.7. The fourth-order valence-electron chi connectivity index (χ4n) is 3.28. The van der Waals surface area contributed by atoms with Crippen molar-refractivity contribution in [3.8, 4) is 0 Å². The monoisotopic (exact) mass is 417 g/mol. The Bertz CT molecular complexity index is 810. The van der Waals surface area contributed by atoms with Crippen molar-refractivity contribution in [1.82, 2.24) is 15.6 Å². The van der Waals surface area contributed by atoms with Gasteiger partial charge in [0.1, 0.15) is 11.6 Å². The summed E-state index contributed by atoms with van der Waals surface area (Å²) in [6.07, 6.45) is 6.34. The Morgan fingerprint density at radius 1 is 1.10 bits per heavy atom. The molecule has 0 aliphatic rings. The molecule has 1 heterocycles. The number of carbonyl (C=O) groups excluding carboxylic acids is 2. The number of rotatable bonds is 11. The van der Waals surface area contributed by atoms with E-state index in [1.807, 2.05) is 30.5 Å². The minimum absolute atomic E-state index is 0.221. The standard InChI is InChI=1S/C23H35N3O4/c1-23(2,3)30-22(29)26-20(21(28)24-13-9-5-4-6-10-14-27)15-17-16-25-19-12-8-7-11-18(17)19/h7-8,11-12,16,20,25,27H,4-6,9-10,13-15H2,1-3H3,(H,24,28)(H,26,29)/t20-/m0/s1. The zero-order valence-electron chi connectivity index (χ0n) is 18.3. The van der Waals surface area contributed by atoms with Gasteiger partial charge in [-0.1, -0.05) is 37.5 Å². The fraction of sp³-hybridized carbons (Fsp3) is 0.565. The van der Waals surface area contributed by atoms with E-state index < -0.39 is 17.7 Å². The minimum Gasteiger partial charge on any atom is -0.444 e. The van der Waals surface area contributed by atoms with Gasteiger partial charge >= 0.3 is 6.09 Å². The second-order valence-corrected chi connectivity index (χ2v) is 8.54. The smallest absolute Gasteiger partial charge is 0.408 e. The Labute approximate surface area is 178 Å². The number of unbranched alkanes of at least 4 members (excludes halogenated alkanes) is 4.